The predicted octanol–water partition coefficient (Wildman–Crippen LogP) is 3.71. The summed E-state index contributed by atoms with van der Waals surface area (Å²) in [6.45, 7) is 4.12. The Morgan fingerprint density at radius 3 is 2.80 bits per heavy atom. The van der Waals surface area contributed by atoms with E-state index in [0.717, 1.165) is 17.4 Å². The van der Waals surface area contributed by atoms with E-state index in [0.29, 0.717) is 17.3 Å². The zero-order valence-corrected chi connectivity index (χ0v) is 13.6. The minimum atomic E-state index is -0.212. The van der Waals surface area contributed by atoms with Gasteiger partial charge in [-0.15, -0.1) is 0 Å². The predicted molar refractivity (Wildman–Crippen MR) is 86.5 cm³/mol. The van der Waals surface area contributed by atoms with E-state index in [1.54, 1.807) is 12.1 Å². The summed E-state index contributed by atoms with van der Waals surface area (Å²) in [6.07, 6.45) is 3.58. The van der Waals surface area contributed by atoms with E-state index < -0.39 is 0 Å². The first-order chi connectivity index (χ1) is 9.65. The lowest BCUT2D eigenvalue weighted by atomic mass is 10.3. The van der Waals surface area contributed by atoms with Gasteiger partial charge in [0, 0.05) is 11.0 Å². The van der Waals surface area contributed by atoms with Crippen LogP contribution < -0.4 is 10.6 Å². The maximum absolute atomic E-state index is 11.7. The third-order valence-electron chi connectivity index (χ3n) is 3.31. The van der Waals surface area contributed by atoms with E-state index in [-0.39, 0.29) is 6.03 Å². The number of carbonyl (C=O) groups excluding carboxylic acids is 1. The van der Waals surface area contributed by atoms with E-state index in [1.807, 2.05) is 6.07 Å². The fourth-order valence-electron chi connectivity index (χ4n) is 2.27. The Bertz CT molecular complexity index is 464. The topological polar surface area (TPSA) is 44.4 Å². The first-order valence-corrected chi connectivity index (χ1v) is 8.04. The van der Waals surface area contributed by atoms with Crippen molar-refractivity contribution in [2.45, 2.75) is 19.3 Å². The molecule has 2 N–H and O–H groups in total. The molecule has 2 amide bonds. The number of amides is 2. The van der Waals surface area contributed by atoms with E-state index in [2.05, 4.69) is 31.5 Å². The van der Waals surface area contributed by atoms with Gasteiger partial charge >= 0.3 is 6.03 Å². The van der Waals surface area contributed by atoms with Crippen molar-refractivity contribution in [1.29, 1.82) is 0 Å². The van der Waals surface area contributed by atoms with Crippen molar-refractivity contribution in [3.05, 3.63) is 27.7 Å². The summed E-state index contributed by atoms with van der Waals surface area (Å²) in [6, 6.07) is 5.16. The number of nitrogens with zero attached hydrogens (tertiary/aromatic N) is 1. The van der Waals surface area contributed by atoms with Crippen LogP contribution in [0.2, 0.25) is 5.02 Å². The van der Waals surface area contributed by atoms with E-state index >= 15 is 0 Å². The van der Waals surface area contributed by atoms with Gasteiger partial charge in [-0.25, -0.2) is 4.79 Å². The molecule has 0 spiro atoms. The minimum absolute atomic E-state index is 0.212. The molecule has 1 aromatic carbocycles. The molecule has 0 aromatic heterocycles. The van der Waals surface area contributed by atoms with Gasteiger partial charge in [-0.1, -0.05) is 27.5 Å². The number of anilines is 1. The van der Waals surface area contributed by atoms with Crippen molar-refractivity contribution < 1.29 is 4.79 Å². The lowest BCUT2D eigenvalue weighted by Crippen LogP contribution is -2.32. The van der Waals surface area contributed by atoms with Gasteiger partial charge in [0.15, 0.2) is 0 Å². The van der Waals surface area contributed by atoms with Crippen LogP contribution in [0.15, 0.2) is 22.7 Å². The minimum Gasteiger partial charge on any atom is -0.338 e. The van der Waals surface area contributed by atoms with Crippen LogP contribution in [-0.4, -0.2) is 37.1 Å². The van der Waals surface area contributed by atoms with Gasteiger partial charge in [-0.2, -0.15) is 0 Å². The molecule has 110 valence electrons. The Morgan fingerprint density at radius 2 is 2.10 bits per heavy atom. The highest BCUT2D eigenvalue weighted by Crippen LogP contribution is 2.25. The first kappa shape index (κ1) is 15.6. The number of carbonyl (C=O) groups is 1. The SMILES string of the molecule is O=C(NCCCN1CCCC1)Nc1ccc(Br)cc1Cl. The third kappa shape index (κ3) is 4.96. The van der Waals surface area contributed by atoms with Gasteiger partial charge in [0.2, 0.25) is 0 Å². The standard InChI is InChI=1S/C14H19BrClN3O/c15-11-4-5-13(12(16)10-11)18-14(20)17-6-3-9-19-7-1-2-8-19/h4-5,10H,1-3,6-9H2,(H2,17,18,20). The van der Waals surface area contributed by atoms with Crippen LogP contribution in [0.25, 0.3) is 0 Å². The van der Waals surface area contributed by atoms with Crippen molar-refractivity contribution in [3.8, 4) is 0 Å². The quantitative estimate of drug-likeness (QED) is 0.786. The van der Waals surface area contributed by atoms with Crippen molar-refractivity contribution in [2.75, 3.05) is 31.5 Å². The summed E-state index contributed by atoms with van der Waals surface area (Å²) in [7, 11) is 0. The van der Waals surface area contributed by atoms with Gasteiger partial charge in [-0.3, -0.25) is 0 Å². The van der Waals surface area contributed by atoms with Crippen LogP contribution in [0.5, 0.6) is 0 Å². The van der Waals surface area contributed by atoms with Gasteiger partial charge in [0.25, 0.3) is 0 Å². The molecule has 2 rings (SSSR count). The molecular weight excluding hydrogens is 342 g/mol. The molecule has 1 saturated heterocycles. The summed E-state index contributed by atoms with van der Waals surface area (Å²) >= 11 is 9.37. The lowest BCUT2D eigenvalue weighted by molar-refractivity contribution is 0.251. The summed E-state index contributed by atoms with van der Waals surface area (Å²) in [5.41, 5.74) is 0.618. The number of rotatable bonds is 5. The van der Waals surface area contributed by atoms with Crippen LogP contribution in [0.1, 0.15) is 19.3 Å². The van der Waals surface area contributed by atoms with Crippen LogP contribution in [0.3, 0.4) is 0 Å². The molecule has 0 aliphatic carbocycles. The molecule has 0 atom stereocenters. The summed E-state index contributed by atoms with van der Waals surface area (Å²) in [5.74, 6) is 0. The van der Waals surface area contributed by atoms with Crippen LogP contribution >= 0.6 is 27.5 Å². The fraction of sp³-hybridized carbons (Fsp3) is 0.500. The number of hydrogen-bond donors (Lipinski definition) is 2. The summed E-state index contributed by atoms with van der Waals surface area (Å²) in [4.78, 5) is 14.2. The maximum atomic E-state index is 11.7. The highest BCUT2D eigenvalue weighted by Gasteiger charge is 2.10. The van der Waals surface area contributed by atoms with Crippen molar-refractivity contribution in [2.24, 2.45) is 0 Å². The Labute approximate surface area is 133 Å². The first-order valence-electron chi connectivity index (χ1n) is 6.87. The second-order valence-electron chi connectivity index (χ2n) is 4.91. The maximum Gasteiger partial charge on any atom is 0.319 e. The monoisotopic (exact) mass is 359 g/mol. The Kier molecular flexibility index (Phi) is 6.13. The second kappa shape index (κ2) is 7.86. The number of nitrogens with one attached hydrogen (secondary N) is 2. The van der Waals surface area contributed by atoms with Gasteiger partial charge in [-0.05, 0) is 57.1 Å². The van der Waals surface area contributed by atoms with Crippen molar-refractivity contribution in [1.82, 2.24) is 10.2 Å². The van der Waals surface area contributed by atoms with E-state index in [4.69, 9.17) is 11.6 Å². The number of halogens is 2. The lowest BCUT2D eigenvalue weighted by Gasteiger charge is -2.14. The van der Waals surface area contributed by atoms with Crippen molar-refractivity contribution >= 4 is 39.2 Å². The van der Waals surface area contributed by atoms with Crippen LogP contribution in [0, 0.1) is 0 Å². The molecule has 1 aromatic rings. The zero-order valence-electron chi connectivity index (χ0n) is 11.3. The molecule has 0 bridgehead atoms. The van der Waals surface area contributed by atoms with Gasteiger partial charge in [0.05, 0.1) is 10.7 Å². The molecule has 20 heavy (non-hydrogen) atoms. The average Bonchev–Trinajstić information content (AvgIpc) is 2.91. The fourth-order valence-corrected chi connectivity index (χ4v) is 2.99. The molecule has 0 saturated carbocycles. The average molecular weight is 361 g/mol. The third-order valence-corrected chi connectivity index (χ3v) is 4.12. The second-order valence-corrected chi connectivity index (χ2v) is 6.23. The smallest absolute Gasteiger partial charge is 0.319 e. The van der Waals surface area contributed by atoms with Crippen molar-refractivity contribution in [3.63, 3.8) is 0 Å². The summed E-state index contributed by atoms with van der Waals surface area (Å²) in [5, 5.41) is 6.12. The van der Waals surface area contributed by atoms with Gasteiger partial charge < -0.3 is 15.5 Å². The molecule has 0 unspecified atom stereocenters. The molecule has 4 nitrogen and oxygen atoms in total. The largest absolute Gasteiger partial charge is 0.338 e. The molecule has 1 aliphatic heterocycles. The normalized spacial score (nSPS) is 15.3. The van der Waals surface area contributed by atoms with Crippen LogP contribution in [-0.2, 0) is 0 Å². The number of hydrogen-bond acceptors (Lipinski definition) is 2. The Morgan fingerprint density at radius 1 is 1.35 bits per heavy atom. The highest BCUT2D eigenvalue weighted by atomic mass is 79.9. The number of benzene rings is 1. The molecule has 1 heterocycles. The molecule has 0 radical (unpaired) electrons. The molecule has 1 aliphatic rings. The number of urea groups is 1. The highest BCUT2D eigenvalue weighted by molar-refractivity contribution is 9.10. The molecular formula is C14H19BrClN3O. The Balaban J connectivity index is 1.67. The molecule has 6 heteroatoms. The Hall–Kier alpha value is -0.780. The van der Waals surface area contributed by atoms with E-state index in [9.17, 15) is 4.79 Å². The summed E-state index contributed by atoms with van der Waals surface area (Å²) < 4.78 is 0.888. The van der Waals surface area contributed by atoms with Crippen LogP contribution in [0.4, 0.5) is 10.5 Å². The van der Waals surface area contributed by atoms with Gasteiger partial charge in [0.1, 0.15) is 0 Å². The van der Waals surface area contributed by atoms with E-state index in [1.165, 1.54) is 25.9 Å². The zero-order chi connectivity index (χ0) is 14.4. The number of likely N-dealkylation sites (tertiary alicyclic amines) is 1. The molecule has 1 fully saturated rings.